The highest BCUT2D eigenvalue weighted by molar-refractivity contribution is 5.99. The van der Waals surface area contributed by atoms with Gasteiger partial charge in [0.05, 0.1) is 13.0 Å². The maximum absolute atomic E-state index is 12.2. The van der Waals surface area contributed by atoms with Crippen molar-refractivity contribution in [1.29, 1.82) is 0 Å². The molecule has 0 aliphatic carbocycles. The zero-order chi connectivity index (χ0) is 17.7. The number of carboxylic acid groups (broad SMARTS) is 1. The van der Waals surface area contributed by atoms with Crippen molar-refractivity contribution in [2.24, 2.45) is 0 Å². The largest absolute Gasteiger partial charge is 0.481 e. The number of para-hydroxylation sites is 1. The molecule has 24 heavy (non-hydrogen) atoms. The average molecular weight is 331 g/mol. The molecule has 2 amide bonds. The van der Waals surface area contributed by atoms with Crippen LogP contribution in [0.15, 0.2) is 30.3 Å². The van der Waals surface area contributed by atoms with Crippen LogP contribution in [0.5, 0.6) is 0 Å². The van der Waals surface area contributed by atoms with Crippen LogP contribution in [0.2, 0.25) is 0 Å². The van der Waals surface area contributed by atoms with Crippen molar-refractivity contribution in [3.63, 3.8) is 0 Å². The number of amides is 2. The van der Waals surface area contributed by atoms with Crippen molar-refractivity contribution < 1.29 is 19.5 Å². The summed E-state index contributed by atoms with van der Waals surface area (Å²) in [6.07, 6.45) is -0.125. The summed E-state index contributed by atoms with van der Waals surface area (Å²) < 4.78 is 0. The molecule has 1 aromatic heterocycles. The lowest BCUT2D eigenvalue weighted by Gasteiger charge is -2.26. The van der Waals surface area contributed by atoms with Crippen molar-refractivity contribution >= 4 is 28.7 Å². The van der Waals surface area contributed by atoms with Gasteiger partial charge in [-0.2, -0.15) is 0 Å². The first-order chi connectivity index (χ1) is 11.4. The molecule has 7 heteroatoms. The number of carbonyl (C=O) groups is 3. The topological polar surface area (TPSA) is 102 Å². The minimum atomic E-state index is -0.962. The molecule has 1 aromatic carbocycles. The van der Waals surface area contributed by atoms with Gasteiger partial charge in [0.15, 0.2) is 0 Å². The zero-order valence-electron chi connectivity index (χ0n) is 13.7. The van der Waals surface area contributed by atoms with Crippen LogP contribution < -0.4 is 5.32 Å². The second-order valence-corrected chi connectivity index (χ2v) is 5.78. The van der Waals surface area contributed by atoms with Crippen LogP contribution in [-0.2, 0) is 9.59 Å². The van der Waals surface area contributed by atoms with E-state index in [0.717, 1.165) is 10.9 Å². The molecule has 0 saturated heterocycles. The molecule has 128 valence electrons. The monoisotopic (exact) mass is 331 g/mol. The fourth-order valence-electron chi connectivity index (χ4n) is 2.44. The number of rotatable bonds is 7. The van der Waals surface area contributed by atoms with Crippen LogP contribution in [-0.4, -0.2) is 51.9 Å². The molecule has 2 rings (SSSR count). The Morgan fingerprint density at radius 3 is 2.58 bits per heavy atom. The maximum atomic E-state index is 12.2. The fourth-order valence-corrected chi connectivity index (χ4v) is 2.44. The predicted octanol–water partition coefficient (Wildman–Crippen LogP) is 1.61. The van der Waals surface area contributed by atoms with Crippen molar-refractivity contribution in [3.8, 4) is 0 Å². The van der Waals surface area contributed by atoms with Crippen LogP contribution in [0.3, 0.4) is 0 Å². The quantitative estimate of drug-likeness (QED) is 0.717. The molecule has 0 aliphatic heterocycles. The van der Waals surface area contributed by atoms with Gasteiger partial charge in [-0.1, -0.05) is 18.2 Å². The van der Waals surface area contributed by atoms with Crippen LogP contribution in [0.25, 0.3) is 10.9 Å². The van der Waals surface area contributed by atoms with Gasteiger partial charge in [-0.25, -0.2) is 0 Å². The first-order valence-electron chi connectivity index (χ1n) is 7.75. The number of benzene rings is 1. The smallest absolute Gasteiger partial charge is 0.305 e. The number of aromatic nitrogens is 1. The summed E-state index contributed by atoms with van der Waals surface area (Å²) in [6, 6.07) is 9.09. The molecular weight excluding hydrogens is 310 g/mol. The van der Waals surface area contributed by atoms with E-state index in [-0.39, 0.29) is 37.4 Å². The Hall–Kier alpha value is -2.83. The van der Waals surface area contributed by atoms with Gasteiger partial charge in [-0.15, -0.1) is 0 Å². The number of hydrogen-bond acceptors (Lipinski definition) is 3. The summed E-state index contributed by atoms with van der Waals surface area (Å²) in [6.45, 7) is 3.55. The number of carboxylic acids is 1. The number of aromatic amines is 1. The first-order valence-corrected chi connectivity index (χ1v) is 7.75. The molecule has 0 aliphatic rings. The lowest BCUT2D eigenvalue weighted by atomic mass is 10.2. The van der Waals surface area contributed by atoms with Crippen molar-refractivity contribution in [1.82, 2.24) is 15.2 Å². The van der Waals surface area contributed by atoms with Gasteiger partial charge in [0.2, 0.25) is 5.91 Å². The normalized spacial score (nSPS) is 10.8. The number of fused-ring (bicyclic) bond motifs is 1. The fraction of sp³-hybridized carbons (Fsp3) is 0.353. The maximum Gasteiger partial charge on any atom is 0.305 e. The third-order valence-corrected chi connectivity index (χ3v) is 3.69. The molecule has 7 nitrogen and oxygen atoms in total. The third-order valence-electron chi connectivity index (χ3n) is 3.69. The van der Waals surface area contributed by atoms with E-state index in [1.807, 2.05) is 24.3 Å². The number of carbonyl (C=O) groups excluding carboxylic acids is 2. The minimum Gasteiger partial charge on any atom is -0.481 e. The molecule has 0 fully saturated rings. The number of nitrogens with zero attached hydrogens (tertiary/aromatic N) is 1. The number of H-pyrrole nitrogens is 1. The van der Waals surface area contributed by atoms with Crippen molar-refractivity contribution in [3.05, 3.63) is 36.0 Å². The first kappa shape index (κ1) is 17.5. The summed E-state index contributed by atoms with van der Waals surface area (Å²) in [7, 11) is 0. The Morgan fingerprint density at radius 1 is 1.25 bits per heavy atom. The highest BCUT2D eigenvalue weighted by Gasteiger charge is 2.19. The number of hydrogen-bond donors (Lipinski definition) is 3. The summed E-state index contributed by atoms with van der Waals surface area (Å²) in [5, 5.41) is 12.2. The van der Waals surface area contributed by atoms with Crippen LogP contribution in [0, 0.1) is 0 Å². The summed E-state index contributed by atoms with van der Waals surface area (Å²) in [4.78, 5) is 39.5. The average Bonchev–Trinajstić information content (AvgIpc) is 2.96. The molecule has 1 heterocycles. The SMILES string of the molecule is CC(C)N(CCC(=O)O)C(=O)CNC(=O)c1cc2ccccc2[nH]1. The van der Waals surface area contributed by atoms with Crippen LogP contribution in [0.4, 0.5) is 0 Å². The summed E-state index contributed by atoms with van der Waals surface area (Å²) in [5.41, 5.74) is 1.23. The van der Waals surface area contributed by atoms with E-state index in [0.29, 0.717) is 5.69 Å². The van der Waals surface area contributed by atoms with Gasteiger partial charge in [0, 0.05) is 23.5 Å². The van der Waals surface area contributed by atoms with Crippen molar-refractivity contribution in [2.75, 3.05) is 13.1 Å². The molecule has 0 spiro atoms. The third kappa shape index (κ3) is 4.34. The second kappa shape index (κ2) is 7.63. The van der Waals surface area contributed by atoms with Crippen LogP contribution >= 0.6 is 0 Å². The standard InChI is InChI=1S/C17H21N3O4/c1-11(2)20(8-7-16(22)23)15(21)10-18-17(24)14-9-12-5-3-4-6-13(12)19-14/h3-6,9,11,19H,7-8,10H2,1-2H3,(H,18,24)(H,22,23). The van der Waals surface area contributed by atoms with Gasteiger partial charge < -0.3 is 20.3 Å². The second-order valence-electron chi connectivity index (χ2n) is 5.78. The Kier molecular flexibility index (Phi) is 5.57. The number of nitrogens with one attached hydrogen (secondary N) is 2. The van der Waals surface area contributed by atoms with Gasteiger partial charge in [-0.3, -0.25) is 14.4 Å². The van der Waals surface area contributed by atoms with Gasteiger partial charge in [0.1, 0.15) is 5.69 Å². The van der Waals surface area contributed by atoms with Crippen molar-refractivity contribution in [2.45, 2.75) is 26.3 Å². The molecule has 2 aromatic rings. The summed E-state index contributed by atoms with van der Waals surface area (Å²) in [5.74, 6) is -1.65. The Bertz CT molecular complexity index is 718. The van der Waals surface area contributed by atoms with Crippen LogP contribution in [0.1, 0.15) is 30.8 Å². The predicted molar refractivity (Wildman–Crippen MR) is 89.7 cm³/mol. The van der Waals surface area contributed by atoms with E-state index < -0.39 is 5.97 Å². The molecule has 0 bridgehead atoms. The lowest BCUT2D eigenvalue weighted by molar-refractivity contribution is -0.138. The molecule has 0 atom stereocenters. The lowest BCUT2D eigenvalue weighted by Crippen LogP contribution is -2.44. The highest BCUT2D eigenvalue weighted by Crippen LogP contribution is 2.14. The Labute approximate surface area is 139 Å². The van der Waals surface area contributed by atoms with E-state index in [9.17, 15) is 14.4 Å². The zero-order valence-corrected chi connectivity index (χ0v) is 13.7. The van der Waals surface area contributed by atoms with Gasteiger partial charge in [-0.05, 0) is 26.0 Å². The minimum absolute atomic E-state index is 0.119. The molecule has 0 unspecified atom stereocenters. The van der Waals surface area contributed by atoms with E-state index in [2.05, 4.69) is 10.3 Å². The summed E-state index contributed by atoms with van der Waals surface area (Å²) >= 11 is 0. The Morgan fingerprint density at radius 2 is 1.96 bits per heavy atom. The van der Waals surface area contributed by atoms with Gasteiger partial charge >= 0.3 is 5.97 Å². The highest BCUT2D eigenvalue weighted by atomic mass is 16.4. The Balaban J connectivity index is 1.96. The molecule has 0 radical (unpaired) electrons. The van der Waals surface area contributed by atoms with Gasteiger partial charge in [0.25, 0.3) is 5.91 Å². The molecular formula is C17H21N3O4. The van der Waals surface area contributed by atoms with E-state index >= 15 is 0 Å². The molecule has 3 N–H and O–H groups in total. The van der Waals surface area contributed by atoms with E-state index in [4.69, 9.17) is 5.11 Å². The molecule has 0 saturated carbocycles. The van der Waals surface area contributed by atoms with E-state index in [1.165, 1.54) is 4.90 Å². The van der Waals surface area contributed by atoms with E-state index in [1.54, 1.807) is 19.9 Å². The number of aliphatic carboxylic acids is 1.